The third kappa shape index (κ3) is 3.54. The Hall–Kier alpha value is -1.30. The van der Waals surface area contributed by atoms with E-state index in [1.807, 2.05) is 6.92 Å². The van der Waals surface area contributed by atoms with Crippen molar-refractivity contribution in [2.45, 2.75) is 44.9 Å². The first-order chi connectivity index (χ1) is 10.2. The number of esters is 1. The van der Waals surface area contributed by atoms with Gasteiger partial charge < -0.3 is 4.74 Å². The minimum absolute atomic E-state index is 0.152. The van der Waals surface area contributed by atoms with Gasteiger partial charge in [0.2, 0.25) is 0 Å². The summed E-state index contributed by atoms with van der Waals surface area (Å²) in [4.78, 5) is 11.8. The zero-order chi connectivity index (χ0) is 16.5. The number of halogens is 5. The molecule has 1 heterocycles. The predicted molar refractivity (Wildman–Crippen MR) is 72.9 cm³/mol. The molecule has 7 heteroatoms. The molecule has 0 saturated carbocycles. The smallest absolute Gasteiger partial charge is 0.420 e. The van der Waals surface area contributed by atoms with Crippen LogP contribution in [-0.4, -0.2) is 5.97 Å². The minimum atomic E-state index is -4.87. The quantitative estimate of drug-likeness (QED) is 0.552. The Labute approximate surface area is 130 Å². The van der Waals surface area contributed by atoms with Crippen molar-refractivity contribution < 1.29 is 27.1 Å². The first kappa shape index (κ1) is 17.1. The Morgan fingerprint density at radius 1 is 1.32 bits per heavy atom. The van der Waals surface area contributed by atoms with Crippen LogP contribution >= 0.6 is 11.6 Å². The number of hydrogen-bond acceptors (Lipinski definition) is 2. The topological polar surface area (TPSA) is 26.3 Å². The summed E-state index contributed by atoms with van der Waals surface area (Å²) in [5, 5.41) is -0.728. The number of cyclic esters (lactones) is 1. The van der Waals surface area contributed by atoms with E-state index in [1.165, 1.54) is 0 Å². The Balaban J connectivity index is 2.23. The first-order valence-electron chi connectivity index (χ1n) is 7.00. The van der Waals surface area contributed by atoms with Crippen molar-refractivity contribution >= 4 is 17.6 Å². The lowest BCUT2D eigenvalue weighted by Crippen LogP contribution is -2.26. The van der Waals surface area contributed by atoms with Crippen LogP contribution in [0.5, 0.6) is 0 Å². The van der Waals surface area contributed by atoms with Gasteiger partial charge in [0, 0.05) is 0 Å². The number of ether oxygens (including phenoxy) is 1. The largest absolute Gasteiger partial charge is 0.457 e. The number of carbonyl (C=O) groups excluding carboxylic acids is 1. The third-order valence-corrected chi connectivity index (χ3v) is 4.02. The summed E-state index contributed by atoms with van der Waals surface area (Å²) in [6.07, 6.45) is -3.07. The average molecular weight is 339 g/mol. The fraction of sp³-hybridized carbons (Fsp3) is 0.533. The Bertz CT molecular complexity index is 548. The standard InChI is InChI=1S/C15H15ClF4O2/c1-2-3-8-4-5-12(22-14(8)21)9-6-10(16)13(11(17)7-9)15(18,19)20/h6-8,12H,2-5H2,1H3. The summed E-state index contributed by atoms with van der Waals surface area (Å²) in [6, 6.07) is 1.76. The molecule has 0 aliphatic carbocycles. The van der Waals surface area contributed by atoms with Gasteiger partial charge in [-0.05, 0) is 37.0 Å². The van der Waals surface area contributed by atoms with Gasteiger partial charge in [-0.15, -0.1) is 0 Å². The van der Waals surface area contributed by atoms with Gasteiger partial charge in [-0.3, -0.25) is 4.79 Å². The van der Waals surface area contributed by atoms with Gasteiger partial charge in [0.1, 0.15) is 17.5 Å². The second-order valence-electron chi connectivity index (χ2n) is 5.35. The van der Waals surface area contributed by atoms with Crippen LogP contribution in [0.3, 0.4) is 0 Å². The lowest BCUT2D eigenvalue weighted by molar-refractivity contribution is -0.161. The molecule has 0 amide bonds. The normalized spacial score (nSPS) is 22.5. The number of rotatable bonds is 3. The van der Waals surface area contributed by atoms with E-state index in [-0.39, 0.29) is 11.5 Å². The SMILES string of the molecule is CCCC1CCC(c2cc(F)c(C(F)(F)F)c(Cl)c2)OC1=O. The van der Waals surface area contributed by atoms with Crippen molar-refractivity contribution in [2.24, 2.45) is 5.92 Å². The summed E-state index contributed by atoms with van der Waals surface area (Å²) >= 11 is 5.55. The van der Waals surface area contributed by atoms with E-state index >= 15 is 0 Å². The molecule has 0 radical (unpaired) electrons. The molecule has 0 N–H and O–H groups in total. The molecule has 1 fully saturated rings. The van der Waals surface area contributed by atoms with Crippen LogP contribution in [0.2, 0.25) is 5.02 Å². The van der Waals surface area contributed by atoms with Crippen molar-refractivity contribution in [2.75, 3.05) is 0 Å². The van der Waals surface area contributed by atoms with E-state index in [9.17, 15) is 22.4 Å². The fourth-order valence-corrected chi connectivity index (χ4v) is 2.98. The molecule has 0 aromatic heterocycles. The fourth-order valence-electron chi connectivity index (χ4n) is 2.66. The Kier molecular flexibility index (Phi) is 5.00. The van der Waals surface area contributed by atoms with Gasteiger partial charge in [-0.2, -0.15) is 13.2 Å². The van der Waals surface area contributed by atoms with Crippen LogP contribution in [0.25, 0.3) is 0 Å². The van der Waals surface area contributed by atoms with Crippen LogP contribution in [-0.2, 0) is 15.7 Å². The van der Waals surface area contributed by atoms with Crippen molar-refractivity contribution in [3.05, 3.63) is 34.1 Å². The van der Waals surface area contributed by atoms with Crippen molar-refractivity contribution in [1.29, 1.82) is 0 Å². The van der Waals surface area contributed by atoms with Gasteiger partial charge in [-0.25, -0.2) is 4.39 Å². The average Bonchev–Trinajstić information content (AvgIpc) is 2.38. The van der Waals surface area contributed by atoms with Crippen molar-refractivity contribution in [3.8, 4) is 0 Å². The second kappa shape index (κ2) is 6.44. The lowest BCUT2D eigenvalue weighted by Gasteiger charge is -2.28. The first-order valence-corrected chi connectivity index (χ1v) is 7.38. The van der Waals surface area contributed by atoms with Crippen molar-refractivity contribution in [1.82, 2.24) is 0 Å². The second-order valence-corrected chi connectivity index (χ2v) is 5.75. The van der Waals surface area contributed by atoms with Crippen LogP contribution in [0, 0.1) is 11.7 Å². The van der Waals surface area contributed by atoms with Gasteiger partial charge in [0.05, 0.1) is 10.9 Å². The molecule has 0 bridgehead atoms. The number of benzene rings is 1. The van der Waals surface area contributed by atoms with E-state index in [1.54, 1.807) is 0 Å². The lowest BCUT2D eigenvalue weighted by atomic mass is 9.91. The van der Waals surface area contributed by atoms with Gasteiger partial charge in [0.15, 0.2) is 0 Å². The van der Waals surface area contributed by atoms with Crippen LogP contribution < -0.4 is 0 Å². The molecule has 2 nitrogen and oxygen atoms in total. The molecule has 1 aromatic rings. The van der Waals surface area contributed by atoms with Gasteiger partial charge in [0.25, 0.3) is 0 Å². The van der Waals surface area contributed by atoms with Gasteiger partial charge >= 0.3 is 12.1 Å². The number of alkyl halides is 3. The minimum Gasteiger partial charge on any atom is -0.457 e. The molecule has 2 rings (SSSR count). The molecule has 1 aromatic carbocycles. The maximum Gasteiger partial charge on any atom is 0.420 e. The van der Waals surface area contributed by atoms with Crippen LogP contribution in [0.4, 0.5) is 17.6 Å². The van der Waals surface area contributed by atoms with Crippen LogP contribution in [0.15, 0.2) is 12.1 Å². The van der Waals surface area contributed by atoms with Crippen LogP contribution in [0.1, 0.15) is 49.8 Å². The molecule has 1 aliphatic heterocycles. The van der Waals surface area contributed by atoms with E-state index in [0.717, 1.165) is 18.6 Å². The molecule has 22 heavy (non-hydrogen) atoms. The molecule has 2 atom stereocenters. The summed E-state index contributed by atoms with van der Waals surface area (Å²) in [7, 11) is 0. The highest BCUT2D eigenvalue weighted by molar-refractivity contribution is 6.31. The zero-order valence-electron chi connectivity index (χ0n) is 11.8. The van der Waals surface area contributed by atoms with E-state index in [4.69, 9.17) is 16.3 Å². The van der Waals surface area contributed by atoms with E-state index < -0.39 is 34.7 Å². The summed E-state index contributed by atoms with van der Waals surface area (Å²) in [5.74, 6) is -2.05. The third-order valence-electron chi connectivity index (χ3n) is 3.73. The maximum atomic E-state index is 13.7. The molecular formula is C15H15ClF4O2. The highest BCUT2D eigenvalue weighted by Gasteiger charge is 2.38. The predicted octanol–water partition coefficient (Wildman–Crippen LogP) is 5.29. The van der Waals surface area contributed by atoms with Crippen molar-refractivity contribution in [3.63, 3.8) is 0 Å². The Morgan fingerprint density at radius 2 is 2.00 bits per heavy atom. The number of carbonyl (C=O) groups is 1. The van der Waals surface area contributed by atoms with Gasteiger partial charge in [-0.1, -0.05) is 24.9 Å². The highest BCUT2D eigenvalue weighted by Crippen LogP contribution is 2.40. The number of hydrogen-bond donors (Lipinski definition) is 0. The summed E-state index contributed by atoms with van der Waals surface area (Å²) in [6.45, 7) is 1.95. The van der Waals surface area contributed by atoms with E-state index in [2.05, 4.69) is 0 Å². The summed E-state index contributed by atoms with van der Waals surface area (Å²) < 4.78 is 57.0. The molecule has 122 valence electrons. The monoisotopic (exact) mass is 338 g/mol. The van der Waals surface area contributed by atoms with E-state index in [0.29, 0.717) is 19.3 Å². The highest BCUT2D eigenvalue weighted by atomic mass is 35.5. The molecular weight excluding hydrogens is 324 g/mol. The summed E-state index contributed by atoms with van der Waals surface area (Å²) in [5.41, 5.74) is -1.34. The molecule has 1 aliphatic rings. The molecule has 1 saturated heterocycles. The molecule has 0 spiro atoms. The zero-order valence-corrected chi connectivity index (χ0v) is 12.6. The maximum absolute atomic E-state index is 13.7. The molecule has 2 unspecified atom stereocenters. The Morgan fingerprint density at radius 3 is 2.50 bits per heavy atom.